The number of nitrogens with one attached hydrogen (secondary N) is 1. The lowest BCUT2D eigenvalue weighted by molar-refractivity contribution is -0.116. The van der Waals surface area contributed by atoms with Gasteiger partial charge >= 0.3 is 0 Å². The highest BCUT2D eigenvalue weighted by atomic mass is 16.5. The van der Waals surface area contributed by atoms with Crippen LogP contribution in [0.2, 0.25) is 0 Å². The third-order valence-corrected chi connectivity index (χ3v) is 4.42. The van der Waals surface area contributed by atoms with Gasteiger partial charge in [0.1, 0.15) is 0 Å². The minimum Gasteiger partial charge on any atom is -0.490 e. The Kier molecular flexibility index (Phi) is 5.64. The number of fused-ring (bicyclic) bond motifs is 1. The normalized spacial score (nSPS) is 12.5. The first-order chi connectivity index (χ1) is 13.0. The molecule has 0 fully saturated rings. The Balaban J connectivity index is 1.81. The zero-order valence-corrected chi connectivity index (χ0v) is 15.9. The van der Waals surface area contributed by atoms with Gasteiger partial charge in [-0.15, -0.1) is 0 Å². The molecule has 0 radical (unpaired) electrons. The number of hydrogen-bond donors (Lipinski definition) is 1. The Morgan fingerprint density at radius 3 is 2.48 bits per heavy atom. The van der Waals surface area contributed by atoms with E-state index in [2.05, 4.69) is 5.32 Å². The van der Waals surface area contributed by atoms with Gasteiger partial charge in [-0.1, -0.05) is 6.07 Å². The molecule has 1 aliphatic rings. The van der Waals surface area contributed by atoms with Crippen LogP contribution in [0.5, 0.6) is 11.5 Å². The third kappa shape index (κ3) is 4.05. The summed E-state index contributed by atoms with van der Waals surface area (Å²) in [6, 6.07) is 10.8. The van der Waals surface area contributed by atoms with Crippen LogP contribution < -0.4 is 19.7 Å². The van der Waals surface area contributed by atoms with Crippen LogP contribution in [0, 0.1) is 0 Å². The standard InChI is InChI=1S/C21H24N2O4/c1-4-26-19-9-7-16(12-20(19)27-5-2)21(25)22-17-8-6-15-10-11-23(14(3)24)18(15)13-17/h6-9,12-13H,4-5,10-11H2,1-3H3,(H,22,25). The molecule has 0 saturated carbocycles. The Bertz CT molecular complexity index is 863. The van der Waals surface area contributed by atoms with E-state index >= 15 is 0 Å². The molecule has 27 heavy (non-hydrogen) atoms. The molecule has 6 heteroatoms. The van der Waals surface area contributed by atoms with Gasteiger partial charge in [0.25, 0.3) is 5.91 Å². The molecule has 0 saturated heterocycles. The maximum atomic E-state index is 12.7. The number of nitrogens with zero attached hydrogens (tertiary/aromatic N) is 1. The zero-order chi connectivity index (χ0) is 19.4. The van der Waals surface area contributed by atoms with Gasteiger partial charge in [-0.2, -0.15) is 0 Å². The molecule has 0 unspecified atom stereocenters. The fourth-order valence-electron chi connectivity index (χ4n) is 3.18. The molecule has 1 N–H and O–H groups in total. The number of hydrogen-bond acceptors (Lipinski definition) is 4. The maximum absolute atomic E-state index is 12.7. The second kappa shape index (κ2) is 8.12. The average molecular weight is 368 g/mol. The fourth-order valence-corrected chi connectivity index (χ4v) is 3.18. The van der Waals surface area contributed by atoms with Gasteiger partial charge in [0.2, 0.25) is 5.91 Å². The lowest BCUT2D eigenvalue weighted by Gasteiger charge is -2.16. The summed E-state index contributed by atoms with van der Waals surface area (Å²) in [5.41, 5.74) is 3.11. The van der Waals surface area contributed by atoms with E-state index < -0.39 is 0 Å². The summed E-state index contributed by atoms with van der Waals surface area (Å²) in [7, 11) is 0. The van der Waals surface area contributed by atoms with E-state index in [0.29, 0.717) is 42.5 Å². The monoisotopic (exact) mass is 368 g/mol. The second-order valence-corrected chi connectivity index (χ2v) is 6.25. The van der Waals surface area contributed by atoms with Crippen LogP contribution in [-0.4, -0.2) is 31.6 Å². The van der Waals surface area contributed by atoms with E-state index in [-0.39, 0.29) is 11.8 Å². The highest BCUT2D eigenvalue weighted by Gasteiger charge is 2.22. The molecule has 1 heterocycles. The minimum absolute atomic E-state index is 0.00472. The lowest BCUT2D eigenvalue weighted by Crippen LogP contribution is -2.25. The number of ether oxygens (including phenoxy) is 2. The molecule has 142 valence electrons. The molecule has 2 aromatic carbocycles. The van der Waals surface area contributed by atoms with E-state index in [0.717, 1.165) is 17.7 Å². The highest BCUT2D eigenvalue weighted by molar-refractivity contribution is 6.05. The van der Waals surface area contributed by atoms with E-state index in [9.17, 15) is 9.59 Å². The van der Waals surface area contributed by atoms with Crippen molar-refractivity contribution in [2.24, 2.45) is 0 Å². The van der Waals surface area contributed by atoms with Crippen LogP contribution in [0.15, 0.2) is 36.4 Å². The van der Waals surface area contributed by atoms with Crippen molar-refractivity contribution in [1.29, 1.82) is 0 Å². The quantitative estimate of drug-likeness (QED) is 0.845. The first kappa shape index (κ1) is 18.8. The average Bonchev–Trinajstić information content (AvgIpc) is 3.07. The smallest absolute Gasteiger partial charge is 0.255 e. The molecule has 0 atom stereocenters. The molecule has 6 nitrogen and oxygen atoms in total. The van der Waals surface area contributed by atoms with Crippen LogP contribution in [0.1, 0.15) is 36.7 Å². The van der Waals surface area contributed by atoms with Crippen LogP contribution in [-0.2, 0) is 11.2 Å². The summed E-state index contributed by atoms with van der Waals surface area (Å²) in [5.74, 6) is 0.922. The molecule has 0 spiro atoms. The number of rotatable bonds is 6. The molecule has 0 aromatic heterocycles. The van der Waals surface area contributed by atoms with Crippen molar-refractivity contribution >= 4 is 23.2 Å². The van der Waals surface area contributed by atoms with Gasteiger partial charge < -0.3 is 19.7 Å². The highest BCUT2D eigenvalue weighted by Crippen LogP contribution is 2.32. The van der Waals surface area contributed by atoms with Crippen LogP contribution >= 0.6 is 0 Å². The molecular formula is C21H24N2O4. The van der Waals surface area contributed by atoms with Gasteiger partial charge in [-0.25, -0.2) is 0 Å². The van der Waals surface area contributed by atoms with E-state index in [4.69, 9.17) is 9.47 Å². The van der Waals surface area contributed by atoms with E-state index in [1.165, 1.54) is 0 Å². The Morgan fingerprint density at radius 2 is 1.78 bits per heavy atom. The third-order valence-electron chi connectivity index (χ3n) is 4.42. The number of benzene rings is 2. The van der Waals surface area contributed by atoms with Crippen LogP contribution in [0.4, 0.5) is 11.4 Å². The van der Waals surface area contributed by atoms with Gasteiger partial charge in [0.15, 0.2) is 11.5 Å². The van der Waals surface area contributed by atoms with Crippen molar-refractivity contribution < 1.29 is 19.1 Å². The largest absolute Gasteiger partial charge is 0.490 e. The fraction of sp³-hybridized carbons (Fsp3) is 0.333. The van der Waals surface area contributed by atoms with E-state index in [1.807, 2.05) is 32.0 Å². The first-order valence-corrected chi connectivity index (χ1v) is 9.15. The molecule has 2 amide bonds. The predicted molar refractivity (Wildman–Crippen MR) is 105 cm³/mol. The second-order valence-electron chi connectivity index (χ2n) is 6.25. The van der Waals surface area contributed by atoms with Gasteiger partial charge in [0.05, 0.1) is 13.2 Å². The summed E-state index contributed by atoms with van der Waals surface area (Å²) < 4.78 is 11.1. The van der Waals surface area contributed by atoms with Crippen LogP contribution in [0.3, 0.4) is 0 Å². The summed E-state index contributed by atoms with van der Waals surface area (Å²) in [6.45, 7) is 7.01. The summed E-state index contributed by atoms with van der Waals surface area (Å²) in [5, 5.41) is 2.89. The number of anilines is 2. The summed E-state index contributed by atoms with van der Waals surface area (Å²) >= 11 is 0. The maximum Gasteiger partial charge on any atom is 0.255 e. The molecule has 2 aromatic rings. The summed E-state index contributed by atoms with van der Waals surface area (Å²) in [4.78, 5) is 26.2. The van der Waals surface area contributed by atoms with Crippen molar-refractivity contribution in [2.75, 3.05) is 30.0 Å². The minimum atomic E-state index is -0.244. The van der Waals surface area contributed by atoms with Crippen molar-refractivity contribution in [3.63, 3.8) is 0 Å². The Morgan fingerprint density at radius 1 is 1.04 bits per heavy atom. The number of carbonyl (C=O) groups is 2. The van der Waals surface area contributed by atoms with Crippen molar-refractivity contribution in [2.45, 2.75) is 27.2 Å². The number of carbonyl (C=O) groups excluding carboxylic acids is 2. The van der Waals surface area contributed by atoms with Gasteiger partial charge in [-0.3, -0.25) is 9.59 Å². The predicted octanol–water partition coefficient (Wildman–Crippen LogP) is 3.65. The molecule has 1 aliphatic heterocycles. The van der Waals surface area contributed by atoms with Gasteiger partial charge in [-0.05, 0) is 56.2 Å². The van der Waals surface area contributed by atoms with Crippen LogP contribution in [0.25, 0.3) is 0 Å². The topological polar surface area (TPSA) is 67.9 Å². The van der Waals surface area contributed by atoms with E-state index in [1.54, 1.807) is 30.0 Å². The van der Waals surface area contributed by atoms with Crippen molar-refractivity contribution in [3.05, 3.63) is 47.5 Å². The lowest BCUT2D eigenvalue weighted by atomic mass is 10.1. The Labute approximate surface area is 159 Å². The number of amides is 2. The summed E-state index contributed by atoms with van der Waals surface area (Å²) in [6.07, 6.45) is 0.833. The SMILES string of the molecule is CCOc1ccc(C(=O)Nc2ccc3c(c2)N(C(C)=O)CC3)cc1OCC. The molecule has 0 bridgehead atoms. The molecule has 0 aliphatic carbocycles. The van der Waals surface area contributed by atoms with Gasteiger partial charge in [0, 0.05) is 30.4 Å². The van der Waals surface area contributed by atoms with Crippen molar-refractivity contribution in [1.82, 2.24) is 0 Å². The zero-order valence-electron chi connectivity index (χ0n) is 15.9. The molecule has 3 rings (SSSR count). The van der Waals surface area contributed by atoms with Crippen molar-refractivity contribution in [3.8, 4) is 11.5 Å². The molecular weight excluding hydrogens is 344 g/mol. The Hall–Kier alpha value is -3.02. The first-order valence-electron chi connectivity index (χ1n) is 9.15.